The van der Waals surface area contributed by atoms with Crippen LogP contribution >= 0.6 is 0 Å². The molecule has 0 radical (unpaired) electrons. The van der Waals surface area contributed by atoms with Gasteiger partial charge < -0.3 is 4.42 Å². The van der Waals surface area contributed by atoms with Crippen molar-refractivity contribution < 1.29 is 4.42 Å². The first-order valence-corrected chi connectivity index (χ1v) is 7.91. The van der Waals surface area contributed by atoms with Crippen molar-refractivity contribution in [2.24, 2.45) is 0 Å². The van der Waals surface area contributed by atoms with Crippen LogP contribution in [0.25, 0.3) is 6.08 Å². The van der Waals surface area contributed by atoms with Crippen LogP contribution in [-0.4, -0.2) is 0 Å². The molecule has 1 nitrogen and oxygen atoms in total. The van der Waals surface area contributed by atoms with Crippen LogP contribution in [0.5, 0.6) is 0 Å². The summed E-state index contributed by atoms with van der Waals surface area (Å²) in [6.07, 6.45) is 6.87. The van der Waals surface area contributed by atoms with Gasteiger partial charge in [-0.25, -0.2) is 0 Å². The minimum Gasteiger partial charge on any atom is -0.470 e. The van der Waals surface area contributed by atoms with Gasteiger partial charge in [0, 0.05) is 0 Å². The molecule has 0 aliphatic carbocycles. The van der Waals surface area contributed by atoms with E-state index in [0.717, 1.165) is 12.2 Å². The molecule has 1 heterocycles. The lowest BCUT2D eigenvalue weighted by molar-refractivity contribution is 0.516. The van der Waals surface area contributed by atoms with Gasteiger partial charge in [0.05, 0.1) is 12.0 Å². The Balaban J connectivity index is 1.84. The molecule has 3 rings (SSSR count). The molecule has 2 aromatic carbocycles. The van der Waals surface area contributed by atoms with E-state index >= 15 is 0 Å². The molecule has 0 saturated heterocycles. The zero-order valence-corrected chi connectivity index (χ0v) is 13.6. The summed E-state index contributed by atoms with van der Waals surface area (Å²) < 4.78 is 5.52. The smallest absolute Gasteiger partial charge is 0.0989 e. The predicted octanol–water partition coefficient (Wildman–Crippen LogP) is 5.78. The Morgan fingerprint density at radius 2 is 1.52 bits per heavy atom. The fourth-order valence-corrected chi connectivity index (χ4v) is 2.50. The highest BCUT2D eigenvalue weighted by molar-refractivity contribution is 5.55. The second-order valence-corrected chi connectivity index (χ2v) is 5.89. The molecule has 0 N–H and O–H groups in total. The average Bonchev–Trinajstić information content (AvgIpc) is 3.07. The second kappa shape index (κ2) is 7.06. The Morgan fingerprint density at radius 1 is 0.870 bits per heavy atom. The lowest BCUT2D eigenvalue weighted by Gasteiger charge is -2.20. The number of aryl methyl sites for hydroxylation is 2. The molecule has 0 saturated carbocycles. The number of hydrogen-bond donors (Lipinski definition) is 0. The second-order valence-electron chi connectivity index (χ2n) is 5.89. The quantitative estimate of drug-likeness (QED) is 0.545. The van der Waals surface area contributed by atoms with Crippen LogP contribution in [0.2, 0.25) is 0 Å². The molecule has 23 heavy (non-hydrogen) atoms. The first-order valence-electron chi connectivity index (χ1n) is 7.91. The summed E-state index contributed by atoms with van der Waals surface area (Å²) >= 11 is 0. The molecule has 1 heteroatoms. The lowest BCUT2D eigenvalue weighted by atomic mass is 9.93. The Kier molecular flexibility index (Phi) is 4.68. The summed E-state index contributed by atoms with van der Waals surface area (Å²) in [5.74, 6) is 2.23. The molecule has 0 aliphatic heterocycles. The van der Waals surface area contributed by atoms with E-state index in [9.17, 15) is 0 Å². The normalized spacial score (nSPS) is 11.0. The molecule has 0 unspecified atom stereocenters. The zero-order valence-electron chi connectivity index (χ0n) is 13.6. The van der Waals surface area contributed by atoms with E-state index < -0.39 is 0 Å². The van der Waals surface area contributed by atoms with Crippen molar-refractivity contribution in [3.05, 3.63) is 107 Å². The number of benzene rings is 2. The molecule has 0 bridgehead atoms. The molecule has 3 aromatic rings. The molecule has 0 aliphatic rings. The molecule has 0 spiro atoms. The Hall–Kier alpha value is -2.67. The minimum absolute atomic E-state index is 0.790. The van der Waals surface area contributed by atoms with Crippen molar-refractivity contribution in [3.63, 3.8) is 0 Å². The minimum atomic E-state index is 0.790. The summed E-state index contributed by atoms with van der Waals surface area (Å²) in [7, 11) is 0. The maximum absolute atomic E-state index is 5.52. The third kappa shape index (κ3) is 4.17. The third-order valence-corrected chi connectivity index (χ3v) is 3.92. The topological polar surface area (TPSA) is 13.1 Å². The van der Waals surface area contributed by atoms with E-state index in [0.29, 0.717) is 0 Å². The molecular formula is C22H21O-. The summed E-state index contributed by atoms with van der Waals surface area (Å²) in [6, 6.07) is 21.2. The van der Waals surface area contributed by atoms with Crippen LogP contribution in [0.4, 0.5) is 0 Å². The number of furan rings is 1. The van der Waals surface area contributed by atoms with E-state index in [1.54, 1.807) is 6.26 Å². The van der Waals surface area contributed by atoms with Gasteiger partial charge in [-0.15, -0.1) is 47.9 Å². The van der Waals surface area contributed by atoms with Gasteiger partial charge in [-0.3, -0.25) is 0 Å². The highest BCUT2D eigenvalue weighted by Crippen LogP contribution is 2.23. The Bertz CT molecular complexity index is 747. The van der Waals surface area contributed by atoms with Crippen molar-refractivity contribution in [2.75, 3.05) is 0 Å². The number of rotatable bonds is 5. The Labute approximate surface area is 138 Å². The Morgan fingerprint density at radius 3 is 2.13 bits per heavy atom. The first-order chi connectivity index (χ1) is 11.2. The van der Waals surface area contributed by atoms with Crippen LogP contribution in [-0.2, 0) is 6.42 Å². The van der Waals surface area contributed by atoms with Gasteiger partial charge >= 0.3 is 0 Å². The van der Waals surface area contributed by atoms with Gasteiger partial charge in [-0.05, 0) is 32.4 Å². The van der Waals surface area contributed by atoms with Crippen LogP contribution in [0.1, 0.15) is 28.0 Å². The standard InChI is InChI=1S/C22H21O/c1-17-5-9-19(10-6-17)11-14-21(16-22-4-3-15-23-22)20-12-7-18(2)8-13-20/h3-15H,16H2,1-2H3/q-1/b14-11+. The fourth-order valence-electron chi connectivity index (χ4n) is 2.50. The summed E-state index contributed by atoms with van der Waals surface area (Å²) in [4.78, 5) is 0. The zero-order chi connectivity index (χ0) is 16.1. The number of allylic oxidation sites excluding steroid dienone is 1. The monoisotopic (exact) mass is 301 g/mol. The van der Waals surface area contributed by atoms with Gasteiger partial charge in [0.2, 0.25) is 0 Å². The van der Waals surface area contributed by atoms with Gasteiger partial charge in [0.1, 0.15) is 0 Å². The third-order valence-electron chi connectivity index (χ3n) is 3.92. The van der Waals surface area contributed by atoms with Crippen molar-refractivity contribution in [2.45, 2.75) is 20.3 Å². The summed E-state index contributed by atoms with van der Waals surface area (Å²) in [5, 5.41) is 0. The molecule has 0 amide bonds. The van der Waals surface area contributed by atoms with Crippen molar-refractivity contribution in [1.29, 1.82) is 0 Å². The van der Waals surface area contributed by atoms with Crippen LogP contribution in [0, 0.1) is 19.8 Å². The maximum atomic E-state index is 5.52. The van der Waals surface area contributed by atoms with Crippen LogP contribution in [0.15, 0.2) is 77.4 Å². The summed E-state index contributed by atoms with van der Waals surface area (Å²) in [5.41, 5.74) is 4.99. The maximum Gasteiger partial charge on any atom is 0.0989 e. The predicted molar refractivity (Wildman–Crippen MR) is 96.1 cm³/mol. The van der Waals surface area contributed by atoms with Crippen molar-refractivity contribution in [1.82, 2.24) is 0 Å². The highest BCUT2D eigenvalue weighted by Gasteiger charge is 2.04. The van der Waals surface area contributed by atoms with E-state index in [-0.39, 0.29) is 0 Å². The van der Waals surface area contributed by atoms with Crippen molar-refractivity contribution >= 4 is 6.08 Å². The molecule has 116 valence electrons. The SMILES string of the molecule is Cc1ccc(/C=C/[C-](Cc2ccco2)c2ccc(C)cc2)cc1. The molecular weight excluding hydrogens is 280 g/mol. The number of hydrogen-bond acceptors (Lipinski definition) is 1. The fraction of sp³-hybridized carbons (Fsp3) is 0.136. The van der Waals surface area contributed by atoms with E-state index in [4.69, 9.17) is 4.42 Å². The van der Waals surface area contributed by atoms with Crippen molar-refractivity contribution in [3.8, 4) is 0 Å². The molecule has 0 fully saturated rings. The van der Waals surface area contributed by atoms with Gasteiger partial charge in [-0.2, -0.15) is 0 Å². The van der Waals surface area contributed by atoms with Gasteiger partial charge in [0.25, 0.3) is 0 Å². The first kappa shape index (κ1) is 15.2. The summed E-state index contributed by atoms with van der Waals surface area (Å²) in [6.45, 7) is 4.21. The average molecular weight is 301 g/mol. The molecule has 1 aromatic heterocycles. The van der Waals surface area contributed by atoms with E-state index in [1.807, 2.05) is 12.1 Å². The molecule has 0 atom stereocenters. The van der Waals surface area contributed by atoms with Crippen LogP contribution in [0.3, 0.4) is 0 Å². The largest absolute Gasteiger partial charge is 0.470 e. The van der Waals surface area contributed by atoms with Gasteiger partial charge in [0.15, 0.2) is 0 Å². The lowest BCUT2D eigenvalue weighted by Crippen LogP contribution is -2.00. The van der Waals surface area contributed by atoms with E-state index in [2.05, 4.69) is 74.5 Å². The van der Waals surface area contributed by atoms with Crippen LogP contribution < -0.4 is 0 Å². The van der Waals surface area contributed by atoms with E-state index in [1.165, 1.54) is 28.2 Å². The van der Waals surface area contributed by atoms with Gasteiger partial charge in [-0.1, -0.05) is 41.0 Å². The highest BCUT2D eigenvalue weighted by atomic mass is 16.3.